The fourth-order valence-electron chi connectivity index (χ4n) is 4.64. The maximum absolute atomic E-state index is 15.1. The summed E-state index contributed by atoms with van der Waals surface area (Å²) < 4.78 is 29.3. The van der Waals surface area contributed by atoms with E-state index in [4.69, 9.17) is 0 Å². The number of amides is 2. The number of aromatic nitrogens is 5. The number of benzene rings is 2. The molecule has 4 aromatic rings. The van der Waals surface area contributed by atoms with Gasteiger partial charge in [-0.3, -0.25) is 19.5 Å². The number of nitrogens with one attached hydrogen (secondary N) is 1. The topological polar surface area (TPSA) is 106 Å². The number of nitrogens with zero attached hydrogens (tertiary/aromatic N) is 6. The minimum atomic E-state index is -1.18. The monoisotopic (exact) mass is 517 g/mol. The van der Waals surface area contributed by atoms with E-state index in [2.05, 4.69) is 25.7 Å². The van der Waals surface area contributed by atoms with Gasteiger partial charge in [0.2, 0.25) is 11.7 Å². The number of hydrogen-bond acceptors (Lipinski definition) is 6. The Labute approximate surface area is 217 Å². The predicted octanol–water partition coefficient (Wildman–Crippen LogP) is 3.85. The van der Waals surface area contributed by atoms with Crippen molar-refractivity contribution in [3.63, 3.8) is 0 Å². The van der Waals surface area contributed by atoms with Crippen molar-refractivity contribution >= 4 is 17.5 Å². The first-order chi connectivity index (χ1) is 18.5. The minimum Gasteiger partial charge on any atom is -0.351 e. The summed E-state index contributed by atoms with van der Waals surface area (Å²) in [6.07, 6.45) is 6.70. The first-order valence-corrected chi connectivity index (χ1v) is 12.3. The van der Waals surface area contributed by atoms with E-state index < -0.39 is 36.0 Å². The second-order valence-electron chi connectivity index (χ2n) is 9.01. The van der Waals surface area contributed by atoms with Crippen LogP contribution < -0.4 is 10.2 Å². The van der Waals surface area contributed by atoms with Crippen molar-refractivity contribution < 1.29 is 18.4 Å². The molecule has 0 bridgehead atoms. The molecule has 2 amide bonds. The summed E-state index contributed by atoms with van der Waals surface area (Å²) in [4.78, 5) is 33.6. The Bertz CT molecular complexity index is 1420. The van der Waals surface area contributed by atoms with Crippen LogP contribution in [-0.4, -0.2) is 43.0 Å². The van der Waals surface area contributed by atoms with Crippen LogP contribution in [0.3, 0.4) is 0 Å². The number of anilines is 1. The molecule has 1 fully saturated rings. The molecular weight excluding hydrogens is 492 g/mol. The van der Waals surface area contributed by atoms with Crippen molar-refractivity contribution in [2.45, 2.75) is 44.3 Å². The lowest BCUT2D eigenvalue weighted by Crippen LogP contribution is -2.47. The van der Waals surface area contributed by atoms with Gasteiger partial charge in [0.1, 0.15) is 24.2 Å². The maximum atomic E-state index is 15.1. The van der Waals surface area contributed by atoms with E-state index in [9.17, 15) is 14.0 Å². The second kappa shape index (κ2) is 11.2. The lowest BCUT2D eigenvalue weighted by atomic mass is 10.0. The third-order valence-electron chi connectivity index (χ3n) is 6.45. The highest BCUT2D eigenvalue weighted by Gasteiger charge is 2.36. The molecule has 1 unspecified atom stereocenters. The molecule has 2 aromatic heterocycles. The molecule has 11 heteroatoms. The molecule has 2 aromatic carbocycles. The Balaban J connectivity index is 1.51. The van der Waals surface area contributed by atoms with Gasteiger partial charge >= 0.3 is 0 Å². The van der Waals surface area contributed by atoms with E-state index in [1.54, 1.807) is 24.3 Å². The average Bonchev–Trinajstić information content (AvgIpc) is 3.61. The highest BCUT2D eigenvalue weighted by molar-refractivity contribution is 6.01. The molecule has 5 rings (SSSR count). The van der Waals surface area contributed by atoms with Gasteiger partial charge in [0, 0.05) is 18.4 Å². The summed E-state index contributed by atoms with van der Waals surface area (Å²) in [6, 6.07) is 13.7. The summed E-state index contributed by atoms with van der Waals surface area (Å²) in [5.41, 5.74) is 0.517. The van der Waals surface area contributed by atoms with E-state index in [-0.39, 0.29) is 23.1 Å². The van der Waals surface area contributed by atoms with E-state index >= 15 is 4.39 Å². The second-order valence-corrected chi connectivity index (χ2v) is 9.01. The Morgan fingerprint density at radius 3 is 2.37 bits per heavy atom. The maximum Gasteiger partial charge on any atom is 0.251 e. The Hall–Kier alpha value is -4.54. The van der Waals surface area contributed by atoms with Gasteiger partial charge in [0.05, 0.1) is 11.3 Å². The summed E-state index contributed by atoms with van der Waals surface area (Å²) in [5, 5.41) is 14.9. The number of para-hydroxylation sites is 1. The van der Waals surface area contributed by atoms with Crippen LogP contribution in [0.5, 0.6) is 0 Å². The fraction of sp³-hybridized carbons (Fsp3) is 0.259. The SMILES string of the molecule is O=C(NC1CCCC1)C(c1ccncc1)N(C(=O)Cn1nnc(-c2ccccc2F)n1)c1ccccc1F. The minimum absolute atomic E-state index is 0.00185. The molecule has 0 aliphatic heterocycles. The smallest absolute Gasteiger partial charge is 0.251 e. The first kappa shape index (κ1) is 25.1. The molecule has 0 spiro atoms. The van der Waals surface area contributed by atoms with Gasteiger partial charge in [-0.25, -0.2) is 8.78 Å². The Kier molecular flexibility index (Phi) is 7.43. The van der Waals surface area contributed by atoms with Crippen LogP contribution in [-0.2, 0) is 16.1 Å². The predicted molar refractivity (Wildman–Crippen MR) is 134 cm³/mol. The largest absolute Gasteiger partial charge is 0.351 e. The number of hydrogen-bond donors (Lipinski definition) is 1. The number of rotatable bonds is 8. The zero-order chi connectivity index (χ0) is 26.5. The molecule has 38 heavy (non-hydrogen) atoms. The van der Waals surface area contributed by atoms with E-state index in [1.165, 1.54) is 48.8 Å². The van der Waals surface area contributed by atoms with Crippen molar-refractivity contribution in [2.24, 2.45) is 0 Å². The molecule has 1 atom stereocenters. The van der Waals surface area contributed by atoms with Gasteiger partial charge in [-0.05, 0) is 60.0 Å². The van der Waals surface area contributed by atoms with Crippen LogP contribution in [0.4, 0.5) is 14.5 Å². The van der Waals surface area contributed by atoms with Crippen LogP contribution >= 0.6 is 0 Å². The number of halogens is 2. The van der Waals surface area contributed by atoms with Gasteiger partial charge in [0.25, 0.3) is 5.91 Å². The third kappa shape index (κ3) is 5.41. The normalized spacial score (nSPS) is 14.3. The summed E-state index contributed by atoms with van der Waals surface area (Å²) in [7, 11) is 0. The molecule has 0 saturated heterocycles. The quantitative estimate of drug-likeness (QED) is 0.381. The van der Waals surface area contributed by atoms with Gasteiger partial charge in [-0.1, -0.05) is 37.1 Å². The van der Waals surface area contributed by atoms with Crippen LogP contribution in [0.1, 0.15) is 37.3 Å². The van der Waals surface area contributed by atoms with E-state index in [1.807, 2.05) is 0 Å². The van der Waals surface area contributed by atoms with Crippen molar-refractivity contribution in [2.75, 3.05) is 4.90 Å². The van der Waals surface area contributed by atoms with Crippen molar-refractivity contribution in [3.05, 3.63) is 90.3 Å². The van der Waals surface area contributed by atoms with Crippen LogP contribution in [0.15, 0.2) is 73.1 Å². The third-order valence-corrected chi connectivity index (χ3v) is 6.45. The molecule has 1 aliphatic carbocycles. The summed E-state index contributed by atoms with van der Waals surface area (Å²) in [5.74, 6) is -2.30. The lowest BCUT2D eigenvalue weighted by molar-refractivity contribution is -0.127. The molecule has 2 heterocycles. The average molecular weight is 518 g/mol. The van der Waals surface area contributed by atoms with Crippen LogP contribution in [0.25, 0.3) is 11.4 Å². The summed E-state index contributed by atoms with van der Waals surface area (Å²) in [6.45, 7) is -0.464. The number of pyridine rings is 1. The van der Waals surface area contributed by atoms with Crippen molar-refractivity contribution in [3.8, 4) is 11.4 Å². The van der Waals surface area contributed by atoms with Crippen LogP contribution in [0, 0.1) is 11.6 Å². The van der Waals surface area contributed by atoms with E-state index in [0.29, 0.717) is 5.56 Å². The summed E-state index contributed by atoms with van der Waals surface area (Å²) >= 11 is 0. The molecule has 0 radical (unpaired) electrons. The van der Waals surface area contributed by atoms with Gasteiger partial charge < -0.3 is 5.32 Å². The van der Waals surface area contributed by atoms with Gasteiger partial charge in [-0.15, -0.1) is 10.2 Å². The molecule has 9 nitrogen and oxygen atoms in total. The van der Waals surface area contributed by atoms with Crippen LogP contribution in [0.2, 0.25) is 0 Å². The molecule has 1 aliphatic rings. The standard InChI is InChI=1S/C27H25F2N7O2/c28-21-10-4-3-9-20(21)26-32-34-35(33-26)17-24(37)36(23-12-6-5-11-22(23)29)25(18-13-15-30-16-14-18)27(38)31-19-7-1-2-8-19/h3-6,9-16,19,25H,1-2,7-8,17H2,(H,31,38). The zero-order valence-corrected chi connectivity index (χ0v) is 20.4. The van der Waals surface area contributed by atoms with Crippen molar-refractivity contribution in [1.29, 1.82) is 0 Å². The highest BCUT2D eigenvalue weighted by atomic mass is 19.1. The fourth-order valence-corrected chi connectivity index (χ4v) is 4.64. The lowest BCUT2D eigenvalue weighted by Gasteiger charge is -2.32. The molecule has 1 N–H and O–H groups in total. The molecular formula is C27H25F2N7O2. The van der Waals surface area contributed by atoms with Gasteiger partial charge in [-0.2, -0.15) is 4.80 Å². The highest BCUT2D eigenvalue weighted by Crippen LogP contribution is 2.31. The number of tetrazole rings is 1. The Morgan fingerprint density at radius 1 is 0.974 bits per heavy atom. The molecule has 1 saturated carbocycles. The van der Waals surface area contributed by atoms with Crippen molar-refractivity contribution in [1.82, 2.24) is 30.5 Å². The van der Waals surface area contributed by atoms with E-state index in [0.717, 1.165) is 35.4 Å². The first-order valence-electron chi connectivity index (χ1n) is 12.3. The number of carbonyl (C=O) groups excluding carboxylic acids is 2. The number of carbonyl (C=O) groups is 2. The molecule has 194 valence electrons. The van der Waals surface area contributed by atoms with Gasteiger partial charge in [0.15, 0.2) is 0 Å². The Morgan fingerprint density at radius 2 is 1.66 bits per heavy atom. The zero-order valence-electron chi connectivity index (χ0n) is 20.4.